The number of nitrogens with zero attached hydrogens (tertiary/aromatic N) is 1. The first kappa shape index (κ1) is 11.4. The average molecular weight is 238 g/mol. The van der Waals surface area contributed by atoms with Crippen molar-refractivity contribution in [3.05, 3.63) is 54.4 Å². The topological polar surface area (TPSA) is 37.0 Å². The Balaban J connectivity index is 1.90. The van der Waals surface area contributed by atoms with E-state index in [0.717, 1.165) is 25.1 Å². The summed E-state index contributed by atoms with van der Waals surface area (Å²) in [6.07, 6.45) is 5.02. The predicted octanol–water partition coefficient (Wildman–Crippen LogP) is 1.61. The number of rotatable bonds is 3. The first-order chi connectivity index (χ1) is 8.93. The highest BCUT2D eigenvalue weighted by Crippen LogP contribution is 2.23. The summed E-state index contributed by atoms with van der Waals surface area (Å²) < 4.78 is 0. The summed E-state index contributed by atoms with van der Waals surface area (Å²) in [4.78, 5) is 4.19. The molecule has 2 N–H and O–H groups in total. The molecule has 18 heavy (non-hydrogen) atoms. The van der Waals surface area contributed by atoms with Crippen LogP contribution in [-0.4, -0.2) is 24.2 Å². The van der Waals surface area contributed by atoms with Crippen LogP contribution in [0.5, 0.6) is 0 Å². The molecule has 3 rings (SSSR count). The number of benzene rings is 1. The first-order valence-electron chi connectivity index (χ1n) is 6.30. The van der Waals surface area contributed by atoms with Crippen LogP contribution in [-0.2, 0) is 6.42 Å². The van der Waals surface area contributed by atoms with Crippen LogP contribution < -0.4 is 10.6 Å². The van der Waals surface area contributed by atoms with Crippen molar-refractivity contribution in [1.82, 2.24) is 15.6 Å². The van der Waals surface area contributed by atoms with Crippen molar-refractivity contribution in [3.63, 3.8) is 0 Å². The Morgan fingerprint density at radius 1 is 1.22 bits per heavy atom. The van der Waals surface area contributed by atoms with E-state index in [1.807, 2.05) is 24.4 Å². The van der Waals surface area contributed by atoms with Gasteiger partial charge in [0.1, 0.15) is 0 Å². The van der Waals surface area contributed by atoms with Gasteiger partial charge in [-0.05, 0) is 23.3 Å². The Bertz CT molecular complexity index is 504. The standard InChI is InChI=1S/C15H16N3/c1-2-6-14(13-5-3-7-16-11-13)12(4-1)10-15-17-8-9-18-15/h1-3,5-7,11,15,17-18H,8-10H2. The molecule has 1 fully saturated rings. The second-order valence-electron chi connectivity index (χ2n) is 4.47. The summed E-state index contributed by atoms with van der Waals surface area (Å²) in [7, 11) is 0. The molecule has 1 aromatic heterocycles. The van der Waals surface area contributed by atoms with Crippen molar-refractivity contribution in [1.29, 1.82) is 0 Å². The molecule has 91 valence electrons. The largest absolute Gasteiger partial charge is 0.300 e. The molecule has 1 aliphatic heterocycles. The molecule has 1 saturated heterocycles. The van der Waals surface area contributed by atoms with Gasteiger partial charge in [-0.25, -0.2) is 0 Å². The van der Waals surface area contributed by atoms with Crippen LogP contribution in [0, 0.1) is 6.07 Å². The maximum Gasteiger partial charge on any atom is 0.0614 e. The summed E-state index contributed by atoms with van der Waals surface area (Å²) in [5.74, 6) is 0. The third kappa shape index (κ3) is 2.42. The summed E-state index contributed by atoms with van der Waals surface area (Å²) in [5, 5.41) is 6.87. The zero-order valence-electron chi connectivity index (χ0n) is 10.2. The molecule has 0 aliphatic carbocycles. The molecular formula is C15H16N3. The molecule has 0 unspecified atom stereocenters. The maximum absolute atomic E-state index is 4.19. The van der Waals surface area contributed by atoms with Crippen LogP contribution in [0.3, 0.4) is 0 Å². The SMILES string of the molecule is [c]1cccc(-c2cccnc2)c1CC1NCCN1. The second-order valence-corrected chi connectivity index (χ2v) is 4.47. The van der Waals surface area contributed by atoms with Crippen molar-refractivity contribution in [2.75, 3.05) is 13.1 Å². The first-order valence-corrected chi connectivity index (χ1v) is 6.30. The van der Waals surface area contributed by atoms with Gasteiger partial charge in [0.2, 0.25) is 0 Å². The van der Waals surface area contributed by atoms with E-state index in [9.17, 15) is 0 Å². The summed E-state index contributed by atoms with van der Waals surface area (Å²) >= 11 is 0. The molecule has 0 amide bonds. The third-order valence-corrected chi connectivity index (χ3v) is 3.23. The second kappa shape index (κ2) is 5.29. The maximum atomic E-state index is 4.19. The van der Waals surface area contributed by atoms with Crippen molar-refractivity contribution >= 4 is 0 Å². The minimum atomic E-state index is 0.360. The molecule has 0 atom stereocenters. The van der Waals surface area contributed by atoms with Gasteiger partial charge >= 0.3 is 0 Å². The lowest BCUT2D eigenvalue weighted by molar-refractivity contribution is 0.551. The Kier molecular flexibility index (Phi) is 3.35. The van der Waals surface area contributed by atoms with Crippen LogP contribution in [0.15, 0.2) is 42.7 Å². The van der Waals surface area contributed by atoms with E-state index in [4.69, 9.17) is 0 Å². The van der Waals surface area contributed by atoms with Gasteiger partial charge in [0.25, 0.3) is 0 Å². The molecule has 3 heteroatoms. The monoisotopic (exact) mass is 238 g/mol. The lowest BCUT2D eigenvalue weighted by atomic mass is 9.98. The number of aromatic nitrogens is 1. The van der Waals surface area contributed by atoms with E-state index in [1.54, 1.807) is 6.20 Å². The molecule has 1 aromatic carbocycles. The van der Waals surface area contributed by atoms with Crippen molar-refractivity contribution in [2.45, 2.75) is 12.6 Å². The van der Waals surface area contributed by atoms with E-state index < -0.39 is 0 Å². The van der Waals surface area contributed by atoms with Crippen LogP contribution in [0.2, 0.25) is 0 Å². The number of hydrogen-bond donors (Lipinski definition) is 2. The molecule has 2 heterocycles. The van der Waals surface area contributed by atoms with Crippen LogP contribution in [0.4, 0.5) is 0 Å². The highest BCUT2D eigenvalue weighted by atomic mass is 15.2. The van der Waals surface area contributed by atoms with Crippen molar-refractivity contribution in [3.8, 4) is 11.1 Å². The van der Waals surface area contributed by atoms with E-state index in [-0.39, 0.29) is 0 Å². The van der Waals surface area contributed by atoms with Gasteiger partial charge < -0.3 is 10.6 Å². The minimum Gasteiger partial charge on any atom is -0.300 e. The quantitative estimate of drug-likeness (QED) is 0.853. The molecule has 1 aliphatic rings. The van der Waals surface area contributed by atoms with Gasteiger partial charge in [-0.3, -0.25) is 4.98 Å². The highest BCUT2D eigenvalue weighted by Gasteiger charge is 2.15. The van der Waals surface area contributed by atoms with E-state index in [2.05, 4.69) is 33.8 Å². The van der Waals surface area contributed by atoms with Gasteiger partial charge in [-0.15, -0.1) is 0 Å². The fourth-order valence-corrected chi connectivity index (χ4v) is 2.35. The van der Waals surface area contributed by atoms with E-state index in [0.29, 0.717) is 6.17 Å². The normalized spacial score (nSPS) is 16.0. The molecule has 0 bridgehead atoms. The Morgan fingerprint density at radius 2 is 2.11 bits per heavy atom. The van der Waals surface area contributed by atoms with Gasteiger partial charge in [0.05, 0.1) is 6.17 Å². The molecule has 1 radical (unpaired) electrons. The summed E-state index contributed by atoms with van der Waals surface area (Å²) in [5.41, 5.74) is 3.61. The molecular weight excluding hydrogens is 222 g/mol. The van der Waals surface area contributed by atoms with E-state index >= 15 is 0 Å². The van der Waals surface area contributed by atoms with E-state index in [1.165, 1.54) is 11.1 Å². The number of pyridine rings is 1. The zero-order valence-corrected chi connectivity index (χ0v) is 10.2. The van der Waals surface area contributed by atoms with Crippen molar-refractivity contribution < 1.29 is 0 Å². The van der Waals surface area contributed by atoms with Gasteiger partial charge in [-0.2, -0.15) is 0 Å². The predicted molar refractivity (Wildman–Crippen MR) is 72.0 cm³/mol. The van der Waals surface area contributed by atoms with Gasteiger partial charge in [-0.1, -0.05) is 24.3 Å². The lowest BCUT2D eigenvalue weighted by Gasteiger charge is -2.14. The molecule has 3 nitrogen and oxygen atoms in total. The number of nitrogens with one attached hydrogen (secondary N) is 2. The van der Waals surface area contributed by atoms with Gasteiger partial charge in [0, 0.05) is 37.5 Å². The molecule has 2 aromatic rings. The minimum absolute atomic E-state index is 0.360. The summed E-state index contributed by atoms with van der Waals surface area (Å²) in [6, 6.07) is 13.6. The van der Waals surface area contributed by atoms with Crippen LogP contribution >= 0.6 is 0 Å². The zero-order chi connectivity index (χ0) is 12.2. The Morgan fingerprint density at radius 3 is 2.89 bits per heavy atom. The highest BCUT2D eigenvalue weighted by molar-refractivity contribution is 5.66. The van der Waals surface area contributed by atoms with Crippen LogP contribution in [0.1, 0.15) is 5.56 Å². The lowest BCUT2D eigenvalue weighted by Crippen LogP contribution is -2.33. The molecule has 0 spiro atoms. The Hall–Kier alpha value is -1.71. The number of hydrogen-bond acceptors (Lipinski definition) is 3. The fraction of sp³-hybridized carbons (Fsp3) is 0.267. The summed E-state index contributed by atoms with van der Waals surface area (Å²) in [6.45, 7) is 2.08. The van der Waals surface area contributed by atoms with Gasteiger partial charge in [0.15, 0.2) is 0 Å². The van der Waals surface area contributed by atoms with Crippen LogP contribution in [0.25, 0.3) is 11.1 Å². The Labute approximate surface area is 107 Å². The third-order valence-electron chi connectivity index (χ3n) is 3.23. The molecule has 0 saturated carbocycles. The fourth-order valence-electron chi connectivity index (χ4n) is 2.35. The smallest absolute Gasteiger partial charge is 0.0614 e. The average Bonchev–Trinajstić information content (AvgIpc) is 2.93. The van der Waals surface area contributed by atoms with Crippen molar-refractivity contribution in [2.24, 2.45) is 0 Å².